The van der Waals surface area contributed by atoms with Crippen LogP contribution >= 0.6 is 0 Å². The SMILES string of the molecule is CCCn1cc(C(=O)NCCN2CCCC[C@@H]2CO)c(C)n1. The Balaban J connectivity index is 1.82. The summed E-state index contributed by atoms with van der Waals surface area (Å²) in [4.78, 5) is 14.5. The number of hydrogen-bond acceptors (Lipinski definition) is 4. The zero-order chi connectivity index (χ0) is 15.9. The molecular formula is C16H28N4O2. The number of aryl methyl sites for hydroxylation is 2. The molecule has 0 spiro atoms. The van der Waals surface area contributed by atoms with Gasteiger partial charge in [0.15, 0.2) is 0 Å². The van der Waals surface area contributed by atoms with Crippen LogP contribution in [0.5, 0.6) is 0 Å². The molecule has 1 aliphatic rings. The first-order valence-electron chi connectivity index (χ1n) is 8.32. The van der Waals surface area contributed by atoms with Crippen molar-refractivity contribution in [3.05, 3.63) is 17.5 Å². The number of carbonyl (C=O) groups is 1. The molecule has 1 aliphatic heterocycles. The number of amides is 1. The van der Waals surface area contributed by atoms with Gasteiger partial charge in [0.1, 0.15) is 0 Å². The van der Waals surface area contributed by atoms with Crippen LogP contribution in [0.15, 0.2) is 6.20 Å². The minimum Gasteiger partial charge on any atom is -0.395 e. The largest absolute Gasteiger partial charge is 0.395 e. The summed E-state index contributed by atoms with van der Waals surface area (Å²) < 4.78 is 1.83. The Morgan fingerprint density at radius 3 is 3.00 bits per heavy atom. The zero-order valence-electron chi connectivity index (χ0n) is 13.7. The molecule has 0 radical (unpaired) electrons. The maximum absolute atomic E-state index is 12.2. The smallest absolute Gasteiger partial charge is 0.254 e. The number of rotatable bonds is 7. The van der Waals surface area contributed by atoms with Gasteiger partial charge in [0, 0.05) is 31.9 Å². The molecule has 1 amide bonds. The van der Waals surface area contributed by atoms with Gasteiger partial charge in [-0.25, -0.2) is 0 Å². The predicted octanol–water partition coefficient (Wildman–Crippen LogP) is 1.18. The monoisotopic (exact) mass is 308 g/mol. The van der Waals surface area contributed by atoms with Gasteiger partial charge in [0.2, 0.25) is 0 Å². The van der Waals surface area contributed by atoms with E-state index in [1.807, 2.05) is 17.8 Å². The number of aliphatic hydroxyl groups is 1. The van der Waals surface area contributed by atoms with Crippen molar-refractivity contribution in [2.45, 2.75) is 52.1 Å². The Kier molecular flexibility index (Phi) is 6.39. The number of likely N-dealkylation sites (tertiary alicyclic amines) is 1. The molecule has 2 rings (SSSR count). The number of aliphatic hydroxyl groups excluding tert-OH is 1. The summed E-state index contributed by atoms with van der Waals surface area (Å²) in [6.45, 7) is 7.40. The Morgan fingerprint density at radius 1 is 1.45 bits per heavy atom. The van der Waals surface area contributed by atoms with Gasteiger partial charge in [0.25, 0.3) is 5.91 Å². The van der Waals surface area contributed by atoms with Crippen LogP contribution < -0.4 is 5.32 Å². The van der Waals surface area contributed by atoms with E-state index < -0.39 is 0 Å². The number of carbonyl (C=O) groups excluding carboxylic acids is 1. The Morgan fingerprint density at radius 2 is 2.27 bits per heavy atom. The minimum atomic E-state index is -0.0580. The second-order valence-electron chi connectivity index (χ2n) is 6.02. The number of nitrogens with zero attached hydrogens (tertiary/aromatic N) is 3. The molecule has 22 heavy (non-hydrogen) atoms. The summed E-state index contributed by atoms with van der Waals surface area (Å²) >= 11 is 0. The molecule has 6 nitrogen and oxygen atoms in total. The van der Waals surface area contributed by atoms with Crippen LogP contribution in [-0.2, 0) is 6.54 Å². The highest BCUT2D eigenvalue weighted by Crippen LogP contribution is 2.15. The van der Waals surface area contributed by atoms with Crippen molar-refractivity contribution in [1.29, 1.82) is 0 Å². The fourth-order valence-electron chi connectivity index (χ4n) is 3.05. The summed E-state index contributed by atoms with van der Waals surface area (Å²) in [5.41, 5.74) is 1.43. The van der Waals surface area contributed by atoms with E-state index in [-0.39, 0.29) is 18.6 Å². The fourth-order valence-corrected chi connectivity index (χ4v) is 3.05. The standard InChI is InChI=1S/C16H28N4O2/c1-3-8-20-11-15(13(2)18-20)16(22)17-7-10-19-9-5-4-6-14(19)12-21/h11,14,21H,3-10,12H2,1-2H3,(H,17,22)/t14-/m1/s1. The summed E-state index contributed by atoms with van der Waals surface area (Å²) in [6, 6.07) is 0.250. The lowest BCUT2D eigenvalue weighted by Gasteiger charge is -2.34. The Hall–Kier alpha value is -1.40. The molecule has 1 saturated heterocycles. The van der Waals surface area contributed by atoms with Gasteiger partial charge in [-0.05, 0) is 32.7 Å². The molecule has 1 aromatic rings. The molecule has 0 saturated carbocycles. The molecule has 6 heteroatoms. The van der Waals surface area contributed by atoms with Gasteiger partial charge in [-0.3, -0.25) is 14.4 Å². The summed E-state index contributed by atoms with van der Waals surface area (Å²) in [5, 5.41) is 16.7. The van der Waals surface area contributed by atoms with Crippen molar-refractivity contribution in [3.63, 3.8) is 0 Å². The summed E-state index contributed by atoms with van der Waals surface area (Å²) in [5.74, 6) is -0.0580. The number of hydrogen-bond donors (Lipinski definition) is 2. The van der Waals surface area contributed by atoms with E-state index in [2.05, 4.69) is 22.2 Å². The van der Waals surface area contributed by atoms with Gasteiger partial charge < -0.3 is 10.4 Å². The third-order valence-corrected chi connectivity index (χ3v) is 4.29. The molecule has 0 unspecified atom stereocenters. The highest BCUT2D eigenvalue weighted by Gasteiger charge is 2.21. The maximum atomic E-state index is 12.2. The van der Waals surface area contributed by atoms with E-state index in [4.69, 9.17) is 0 Å². The number of nitrogens with one attached hydrogen (secondary N) is 1. The average molecular weight is 308 g/mol. The predicted molar refractivity (Wildman–Crippen MR) is 85.9 cm³/mol. The van der Waals surface area contributed by atoms with E-state index in [9.17, 15) is 9.90 Å². The van der Waals surface area contributed by atoms with Crippen LogP contribution in [0.3, 0.4) is 0 Å². The molecule has 1 fully saturated rings. The molecule has 2 heterocycles. The number of piperidine rings is 1. The number of aromatic nitrogens is 2. The van der Waals surface area contributed by atoms with E-state index >= 15 is 0 Å². The first-order chi connectivity index (χ1) is 10.7. The van der Waals surface area contributed by atoms with Crippen molar-refractivity contribution in [2.75, 3.05) is 26.2 Å². The van der Waals surface area contributed by atoms with Crippen molar-refractivity contribution in [2.24, 2.45) is 0 Å². The van der Waals surface area contributed by atoms with Crippen LogP contribution in [0.1, 0.15) is 48.7 Å². The lowest BCUT2D eigenvalue weighted by Crippen LogP contribution is -2.45. The lowest BCUT2D eigenvalue weighted by atomic mass is 10.0. The molecule has 1 aromatic heterocycles. The topological polar surface area (TPSA) is 70.4 Å². The lowest BCUT2D eigenvalue weighted by molar-refractivity contribution is 0.0849. The normalized spacial score (nSPS) is 19.3. The van der Waals surface area contributed by atoms with E-state index in [1.54, 1.807) is 0 Å². The molecular weight excluding hydrogens is 280 g/mol. The van der Waals surface area contributed by atoms with Crippen molar-refractivity contribution >= 4 is 5.91 Å². The highest BCUT2D eigenvalue weighted by molar-refractivity contribution is 5.94. The molecule has 2 N–H and O–H groups in total. The van der Waals surface area contributed by atoms with Gasteiger partial charge in [-0.1, -0.05) is 13.3 Å². The van der Waals surface area contributed by atoms with Gasteiger partial charge >= 0.3 is 0 Å². The second kappa shape index (κ2) is 8.29. The first-order valence-corrected chi connectivity index (χ1v) is 8.32. The molecule has 124 valence electrons. The maximum Gasteiger partial charge on any atom is 0.254 e. The van der Waals surface area contributed by atoms with Crippen molar-refractivity contribution in [1.82, 2.24) is 20.0 Å². The summed E-state index contributed by atoms with van der Waals surface area (Å²) in [7, 11) is 0. The third-order valence-electron chi connectivity index (χ3n) is 4.29. The van der Waals surface area contributed by atoms with Gasteiger partial charge in [-0.2, -0.15) is 5.10 Å². The molecule has 0 bridgehead atoms. The second-order valence-corrected chi connectivity index (χ2v) is 6.02. The molecule has 0 aromatic carbocycles. The molecule has 1 atom stereocenters. The van der Waals surface area contributed by atoms with Crippen molar-refractivity contribution in [3.8, 4) is 0 Å². The van der Waals surface area contributed by atoms with Crippen LogP contribution in [-0.4, -0.2) is 58.0 Å². The van der Waals surface area contributed by atoms with E-state index in [0.717, 1.165) is 38.2 Å². The van der Waals surface area contributed by atoms with Crippen LogP contribution in [0.4, 0.5) is 0 Å². The zero-order valence-corrected chi connectivity index (χ0v) is 13.7. The fraction of sp³-hybridized carbons (Fsp3) is 0.750. The van der Waals surface area contributed by atoms with Gasteiger partial charge in [0.05, 0.1) is 17.9 Å². The quantitative estimate of drug-likeness (QED) is 0.793. The van der Waals surface area contributed by atoms with Gasteiger partial charge in [-0.15, -0.1) is 0 Å². The third kappa shape index (κ3) is 4.30. The first kappa shape index (κ1) is 17.0. The van der Waals surface area contributed by atoms with Crippen molar-refractivity contribution < 1.29 is 9.90 Å². The van der Waals surface area contributed by atoms with E-state index in [0.29, 0.717) is 12.1 Å². The van der Waals surface area contributed by atoms with Crippen LogP contribution in [0.2, 0.25) is 0 Å². The average Bonchev–Trinajstić information content (AvgIpc) is 2.89. The molecule has 0 aliphatic carbocycles. The highest BCUT2D eigenvalue weighted by atomic mass is 16.3. The Bertz CT molecular complexity index is 486. The minimum absolute atomic E-state index is 0.0580. The van der Waals surface area contributed by atoms with Crippen LogP contribution in [0.25, 0.3) is 0 Å². The summed E-state index contributed by atoms with van der Waals surface area (Å²) in [6.07, 6.45) is 6.23. The Labute approximate surface area is 132 Å². The van der Waals surface area contributed by atoms with Crippen LogP contribution in [0, 0.1) is 6.92 Å². The van der Waals surface area contributed by atoms with E-state index in [1.165, 1.54) is 12.8 Å².